The number of nitrogens with zero attached hydrogens (tertiary/aromatic N) is 1. The van der Waals surface area contributed by atoms with Gasteiger partial charge in [-0.25, -0.2) is 4.79 Å². The molecule has 0 radical (unpaired) electrons. The molecule has 0 aliphatic rings. The van der Waals surface area contributed by atoms with Gasteiger partial charge in [-0.1, -0.05) is 12.1 Å². The van der Waals surface area contributed by atoms with E-state index in [4.69, 9.17) is 9.47 Å². The maximum absolute atomic E-state index is 11.9. The molecule has 0 fully saturated rings. The van der Waals surface area contributed by atoms with Gasteiger partial charge in [0.15, 0.2) is 5.78 Å². The van der Waals surface area contributed by atoms with Gasteiger partial charge >= 0.3 is 5.97 Å². The van der Waals surface area contributed by atoms with Gasteiger partial charge in [0, 0.05) is 12.7 Å². The van der Waals surface area contributed by atoms with Crippen LogP contribution in [0, 0.1) is 10.1 Å². The van der Waals surface area contributed by atoms with Gasteiger partial charge in [-0.3, -0.25) is 14.9 Å². The number of ketones is 1. The standard InChI is InChI=1S/C15H17NO6/c1-3-21-8-9-22-15(18)13(11(2)17)10-12-6-4-5-7-14(12)16(19)20/h4-7,10H,3,8-9H2,1-2H3/b13-10+. The minimum Gasteiger partial charge on any atom is -0.460 e. The van der Waals surface area contributed by atoms with E-state index < -0.39 is 16.7 Å². The lowest BCUT2D eigenvalue weighted by Crippen LogP contribution is -2.16. The Balaban J connectivity index is 2.98. The average Bonchev–Trinajstić information content (AvgIpc) is 2.48. The predicted octanol–water partition coefficient (Wildman–Crippen LogP) is 2.15. The van der Waals surface area contributed by atoms with Crippen molar-refractivity contribution in [2.24, 2.45) is 0 Å². The van der Waals surface area contributed by atoms with Crippen LogP contribution >= 0.6 is 0 Å². The highest BCUT2D eigenvalue weighted by molar-refractivity contribution is 6.20. The summed E-state index contributed by atoms with van der Waals surface area (Å²) in [5.41, 5.74) is -0.270. The number of Topliss-reactive ketones (excluding diaryl/α,β-unsaturated/α-hetero) is 1. The van der Waals surface area contributed by atoms with Crippen molar-refractivity contribution in [1.29, 1.82) is 0 Å². The molecule has 0 amide bonds. The molecule has 1 aromatic carbocycles. The van der Waals surface area contributed by atoms with E-state index in [-0.39, 0.29) is 30.0 Å². The molecule has 0 N–H and O–H groups in total. The highest BCUT2D eigenvalue weighted by atomic mass is 16.6. The van der Waals surface area contributed by atoms with Crippen molar-refractivity contribution in [2.45, 2.75) is 13.8 Å². The Labute approximate surface area is 127 Å². The summed E-state index contributed by atoms with van der Waals surface area (Å²) in [6.07, 6.45) is 1.17. The Morgan fingerprint density at radius 3 is 2.55 bits per heavy atom. The number of hydrogen-bond acceptors (Lipinski definition) is 6. The molecule has 0 aliphatic carbocycles. The second kappa shape index (κ2) is 8.68. The fraction of sp³-hybridized carbons (Fsp3) is 0.333. The fourth-order valence-corrected chi connectivity index (χ4v) is 1.65. The fourth-order valence-electron chi connectivity index (χ4n) is 1.65. The van der Waals surface area contributed by atoms with Gasteiger partial charge in [-0.2, -0.15) is 0 Å². The summed E-state index contributed by atoms with van der Waals surface area (Å²) >= 11 is 0. The van der Waals surface area contributed by atoms with Gasteiger partial charge < -0.3 is 9.47 Å². The van der Waals surface area contributed by atoms with E-state index >= 15 is 0 Å². The molecule has 1 rings (SSSR count). The van der Waals surface area contributed by atoms with E-state index in [0.29, 0.717) is 6.61 Å². The first-order valence-electron chi connectivity index (χ1n) is 6.68. The normalized spacial score (nSPS) is 11.1. The van der Waals surface area contributed by atoms with E-state index in [0.717, 1.165) is 0 Å². The summed E-state index contributed by atoms with van der Waals surface area (Å²) < 4.78 is 9.94. The smallest absolute Gasteiger partial charge is 0.341 e. The van der Waals surface area contributed by atoms with Gasteiger partial charge in [0.1, 0.15) is 12.2 Å². The van der Waals surface area contributed by atoms with Crippen LogP contribution in [0.3, 0.4) is 0 Å². The van der Waals surface area contributed by atoms with Gasteiger partial charge in [-0.05, 0) is 26.0 Å². The lowest BCUT2D eigenvalue weighted by molar-refractivity contribution is -0.385. The van der Waals surface area contributed by atoms with E-state index in [9.17, 15) is 19.7 Å². The van der Waals surface area contributed by atoms with Crippen LogP contribution in [-0.2, 0) is 19.1 Å². The van der Waals surface area contributed by atoms with Crippen LogP contribution in [0.5, 0.6) is 0 Å². The van der Waals surface area contributed by atoms with Crippen molar-refractivity contribution < 1.29 is 24.0 Å². The van der Waals surface area contributed by atoms with E-state index in [1.54, 1.807) is 13.0 Å². The van der Waals surface area contributed by atoms with Gasteiger partial charge in [-0.15, -0.1) is 0 Å². The molecule has 22 heavy (non-hydrogen) atoms. The minimum atomic E-state index is -0.828. The van der Waals surface area contributed by atoms with Crippen LogP contribution < -0.4 is 0 Å². The van der Waals surface area contributed by atoms with Gasteiger partial charge in [0.05, 0.1) is 17.1 Å². The molecule has 0 atom stereocenters. The first-order valence-corrected chi connectivity index (χ1v) is 6.68. The van der Waals surface area contributed by atoms with Crippen molar-refractivity contribution in [3.8, 4) is 0 Å². The first kappa shape index (κ1) is 17.5. The molecule has 0 aromatic heterocycles. The van der Waals surface area contributed by atoms with Crippen LogP contribution in [-0.4, -0.2) is 36.5 Å². The van der Waals surface area contributed by atoms with Gasteiger partial charge in [0.25, 0.3) is 5.69 Å². The summed E-state index contributed by atoms with van der Waals surface area (Å²) in [6, 6.07) is 5.83. The van der Waals surface area contributed by atoms with Crippen LogP contribution in [0.2, 0.25) is 0 Å². The molecule has 118 valence electrons. The molecular weight excluding hydrogens is 290 g/mol. The zero-order chi connectivity index (χ0) is 16.5. The molecule has 0 heterocycles. The Morgan fingerprint density at radius 2 is 1.95 bits per heavy atom. The quantitative estimate of drug-likeness (QED) is 0.139. The summed E-state index contributed by atoms with van der Waals surface area (Å²) in [5, 5.41) is 10.9. The summed E-state index contributed by atoms with van der Waals surface area (Å²) in [6.45, 7) is 3.72. The second-order valence-corrected chi connectivity index (χ2v) is 4.26. The number of carbonyl (C=O) groups is 2. The number of carbonyl (C=O) groups excluding carboxylic acids is 2. The maximum atomic E-state index is 11.9. The zero-order valence-corrected chi connectivity index (χ0v) is 12.4. The number of rotatable bonds is 8. The third kappa shape index (κ3) is 5.10. The van der Waals surface area contributed by atoms with Crippen LogP contribution in [0.4, 0.5) is 5.69 Å². The molecule has 7 nitrogen and oxygen atoms in total. The van der Waals surface area contributed by atoms with E-state index in [1.165, 1.54) is 31.2 Å². The molecule has 0 bridgehead atoms. The number of nitro benzene ring substituents is 1. The SMILES string of the molecule is CCOCCOC(=O)/C(=C/c1ccccc1[N+](=O)[O-])C(C)=O. The Kier molecular flexibility index (Phi) is 6.91. The van der Waals surface area contributed by atoms with E-state index in [2.05, 4.69) is 0 Å². The zero-order valence-electron chi connectivity index (χ0n) is 12.4. The summed E-state index contributed by atoms with van der Waals surface area (Å²) in [5.74, 6) is -1.36. The minimum absolute atomic E-state index is 0.00811. The molecule has 0 saturated carbocycles. The number of para-hydroxylation sites is 1. The van der Waals surface area contributed by atoms with Crippen LogP contribution in [0.15, 0.2) is 29.8 Å². The summed E-state index contributed by atoms with van der Waals surface area (Å²) in [4.78, 5) is 33.9. The van der Waals surface area contributed by atoms with E-state index in [1.807, 2.05) is 0 Å². The van der Waals surface area contributed by atoms with Crippen molar-refractivity contribution in [3.63, 3.8) is 0 Å². The van der Waals surface area contributed by atoms with Gasteiger partial charge in [0.2, 0.25) is 0 Å². The molecule has 7 heteroatoms. The molecule has 0 spiro atoms. The lowest BCUT2D eigenvalue weighted by Gasteiger charge is -2.06. The number of benzene rings is 1. The van der Waals surface area contributed by atoms with Crippen molar-refractivity contribution >= 4 is 23.5 Å². The number of ether oxygens (including phenoxy) is 2. The van der Waals surface area contributed by atoms with Crippen molar-refractivity contribution in [1.82, 2.24) is 0 Å². The Bertz CT molecular complexity index is 593. The third-order valence-electron chi connectivity index (χ3n) is 2.70. The largest absolute Gasteiger partial charge is 0.460 e. The summed E-state index contributed by atoms with van der Waals surface area (Å²) in [7, 11) is 0. The lowest BCUT2D eigenvalue weighted by atomic mass is 10.1. The first-order chi connectivity index (χ1) is 10.5. The van der Waals surface area contributed by atoms with Crippen LogP contribution in [0.1, 0.15) is 19.4 Å². The van der Waals surface area contributed by atoms with Crippen molar-refractivity contribution in [3.05, 3.63) is 45.5 Å². The highest BCUT2D eigenvalue weighted by Gasteiger charge is 2.19. The molecule has 0 aliphatic heterocycles. The number of esters is 1. The molecule has 0 saturated heterocycles. The topological polar surface area (TPSA) is 95.7 Å². The maximum Gasteiger partial charge on any atom is 0.341 e. The Morgan fingerprint density at radius 1 is 1.27 bits per heavy atom. The molecule has 1 aromatic rings. The Hall–Kier alpha value is -2.54. The number of hydrogen-bond donors (Lipinski definition) is 0. The third-order valence-corrected chi connectivity index (χ3v) is 2.70. The molecular formula is C15H17NO6. The predicted molar refractivity (Wildman–Crippen MR) is 79.2 cm³/mol. The highest BCUT2D eigenvalue weighted by Crippen LogP contribution is 2.21. The average molecular weight is 307 g/mol. The van der Waals surface area contributed by atoms with Crippen molar-refractivity contribution in [2.75, 3.05) is 19.8 Å². The second-order valence-electron chi connectivity index (χ2n) is 4.26. The number of nitro groups is 1. The molecule has 0 unspecified atom stereocenters. The van der Waals surface area contributed by atoms with Crippen LogP contribution in [0.25, 0.3) is 6.08 Å². The monoisotopic (exact) mass is 307 g/mol.